The summed E-state index contributed by atoms with van der Waals surface area (Å²) in [7, 11) is 0. The Bertz CT molecular complexity index is 485. The van der Waals surface area contributed by atoms with Gasteiger partial charge in [0.15, 0.2) is 12.4 Å². The third-order valence-electron chi connectivity index (χ3n) is 2.15. The van der Waals surface area contributed by atoms with Crippen LogP contribution in [0.2, 0.25) is 0 Å². The molecule has 0 aliphatic heterocycles. The van der Waals surface area contributed by atoms with E-state index in [0.29, 0.717) is 5.56 Å². The minimum absolute atomic E-state index is 0. The van der Waals surface area contributed by atoms with Gasteiger partial charge in [0, 0.05) is 24.5 Å². The van der Waals surface area contributed by atoms with Gasteiger partial charge in [-0.1, -0.05) is 4.68 Å². The van der Waals surface area contributed by atoms with Crippen molar-refractivity contribution in [1.29, 1.82) is 0 Å². The van der Waals surface area contributed by atoms with E-state index in [2.05, 4.69) is 10.4 Å². The van der Waals surface area contributed by atoms with Crippen LogP contribution in [0.4, 0.5) is 0 Å². The van der Waals surface area contributed by atoms with Gasteiger partial charge in [-0.3, -0.25) is 9.78 Å². The fourth-order valence-electron chi connectivity index (χ4n) is 1.25. The number of nitrogens with one attached hydrogen (secondary N) is 1. The zero-order valence-electron chi connectivity index (χ0n) is 9.30. The number of hydrogen-bond donors (Lipinski definition) is 1. The first-order chi connectivity index (χ1) is 7.75. The van der Waals surface area contributed by atoms with Gasteiger partial charge in [-0.2, -0.15) is 0 Å². The van der Waals surface area contributed by atoms with Crippen LogP contribution >= 0.6 is 0 Å². The molecule has 0 unspecified atom stereocenters. The second-order valence-electron chi connectivity index (χ2n) is 3.47. The maximum atomic E-state index is 11.7. The fraction of sp³-hybridized carbons (Fsp3) is 0.0833. The molecular weight excluding hydrogens is 238 g/mol. The molecule has 0 spiro atoms. The van der Waals surface area contributed by atoms with Crippen molar-refractivity contribution in [1.82, 2.24) is 4.98 Å². The highest BCUT2D eigenvalue weighted by Gasteiger charge is 2.09. The predicted molar refractivity (Wildman–Crippen MR) is 59.3 cm³/mol. The quantitative estimate of drug-likeness (QED) is 0.630. The molecule has 0 aromatic carbocycles. The van der Waals surface area contributed by atoms with Crippen molar-refractivity contribution < 1.29 is 21.9 Å². The lowest BCUT2D eigenvalue weighted by Gasteiger charge is -1.98. The van der Waals surface area contributed by atoms with E-state index in [1.165, 1.54) is 6.20 Å². The second kappa shape index (κ2) is 5.96. The fourth-order valence-corrected chi connectivity index (χ4v) is 1.25. The van der Waals surface area contributed by atoms with Crippen LogP contribution in [0.5, 0.6) is 0 Å². The average Bonchev–Trinajstić information content (AvgIpc) is 2.33. The van der Waals surface area contributed by atoms with Crippen molar-refractivity contribution in [3.05, 3.63) is 60.2 Å². The van der Waals surface area contributed by atoms with Crippen molar-refractivity contribution in [3.8, 4) is 0 Å². The number of nitrogens with zero attached hydrogens (tertiary/aromatic N) is 2. The third-order valence-corrected chi connectivity index (χ3v) is 2.15. The number of aromatic nitrogens is 2. The van der Waals surface area contributed by atoms with Crippen LogP contribution in [0.3, 0.4) is 0 Å². The van der Waals surface area contributed by atoms with Crippen molar-refractivity contribution in [3.63, 3.8) is 0 Å². The van der Waals surface area contributed by atoms with E-state index in [0.717, 1.165) is 5.56 Å². The highest BCUT2D eigenvalue weighted by Crippen LogP contribution is 1.95. The van der Waals surface area contributed by atoms with Gasteiger partial charge in [0.25, 0.3) is 0 Å². The Hall–Kier alpha value is -1.94. The molecule has 0 saturated heterocycles. The van der Waals surface area contributed by atoms with Crippen LogP contribution in [0.1, 0.15) is 15.9 Å². The Morgan fingerprint density at radius 2 is 2.00 bits per heavy atom. The summed E-state index contributed by atoms with van der Waals surface area (Å²) >= 11 is 0. The number of carbonyl (C=O) groups is 1. The molecule has 0 aliphatic rings. The molecule has 4 nitrogen and oxygen atoms in total. The molecule has 2 heterocycles. The number of aryl methyl sites for hydroxylation is 1. The van der Waals surface area contributed by atoms with Gasteiger partial charge >= 0.3 is 5.91 Å². The molecule has 0 atom stereocenters. The Morgan fingerprint density at radius 1 is 1.29 bits per heavy atom. The molecule has 2 aromatic rings. The lowest BCUT2D eigenvalue weighted by molar-refractivity contribution is -0.641. The Labute approximate surface area is 106 Å². The van der Waals surface area contributed by atoms with Gasteiger partial charge in [0.1, 0.15) is 0 Å². The molecule has 0 radical (unpaired) electrons. The van der Waals surface area contributed by atoms with E-state index in [9.17, 15) is 4.79 Å². The van der Waals surface area contributed by atoms with E-state index in [4.69, 9.17) is 0 Å². The minimum atomic E-state index is -0.179. The first-order valence-corrected chi connectivity index (χ1v) is 4.95. The number of halogens is 1. The molecule has 0 aliphatic carbocycles. The summed E-state index contributed by atoms with van der Waals surface area (Å²) < 4.78 is 1.61. The summed E-state index contributed by atoms with van der Waals surface area (Å²) in [5.41, 5.74) is 4.41. The number of rotatable bonds is 2. The van der Waals surface area contributed by atoms with Crippen molar-refractivity contribution in [2.24, 2.45) is 0 Å². The van der Waals surface area contributed by atoms with Crippen LogP contribution in [-0.2, 0) is 0 Å². The molecule has 1 N–H and O–H groups in total. The van der Waals surface area contributed by atoms with Crippen LogP contribution < -0.4 is 22.5 Å². The summed E-state index contributed by atoms with van der Waals surface area (Å²) in [6, 6.07) is 7.29. The maximum Gasteiger partial charge on any atom is 0.306 e. The highest BCUT2D eigenvalue weighted by atomic mass is 35.5. The molecule has 0 bridgehead atoms. The summed E-state index contributed by atoms with van der Waals surface area (Å²) in [6.45, 7) is 1.99. The molecule has 88 valence electrons. The molecule has 0 fully saturated rings. The smallest absolute Gasteiger partial charge is 0.306 e. The number of carbonyl (C=O) groups excluding carboxylic acids is 1. The summed E-state index contributed by atoms with van der Waals surface area (Å²) in [6.07, 6.45) is 6.76. The second-order valence-corrected chi connectivity index (χ2v) is 3.47. The minimum Gasteiger partial charge on any atom is -1.00 e. The first-order valence-electron chi connectivity index (χ1n) is 4.95. The normalized spacial score (nSPS) is 9.24. The van der Waals surface area contributed by atoms with E-state index in [1.54, 1.807) is 35.4 Å². The largest absolute Gasteiger partial charge is 1.00 e. The topological polar surface area (TPSA) is 45.9 Å². The third kappa shape index (κ3) is 3.53. The van der Waals surface area contributed by atoms with Crippen molar-refractivity contribution in [2.75, 3.05) is 5.43 Å². The lowest BCUT2D eigenvalue weighted by atomic mass is 10.3. The number of pyridine rings is 2. The van der Waals surface area contributed by atoms with Crippen LogP contribution in [-0.4, -0.2) is 10.9 Å². The average molecular weight is 250 g/mol. The van der Waals surface area contributed by atoms with Gasteiger partial charge in [0.2, 0.25) is 0 Å². The molecule has 17 heavy (non-hydrogen) atoms. The molecule has 1 amide bonds. The van der Waals surface area contributed by atoms with E-state index in [-0.39, 0.29) is 18.3 Å². The van der Waals surface area contributed by atoms with Crippen LogP contribution in [0, 0.1) is 6.92 Å². The Morgan fingerprint density at radius 3 is 2.59 bits per heavy atom. The number of hydrogen-bond acceptors (Lipinski definition) is 2. The maximum absolute atomic E-state index is 11.7. The summed E-state index contributed by atoms with van der Waals surface area (Å²) in [4.78, 5) is 15.6. The SMILES string of the molecule is Cc1cc[n+](NC(=O)c2cccnc2)cc1.[Cl-]. The summed E-state index contributed by atoms with van der Waals surface area (Å²) in [5.74, 6) is -0.179. The van der Waals surface area contributed by atoms with Gasteiger partial charge in [-0.05, 0) is 24.6 Å². The van der Waals surface area contributed by atoms with Crippen molar-refractivity contribution >= 4 is 5.91 Å². The molecule has 2 rings (SSSR count). The Balaban J connectivity index is 0.00000144. The molecule has 0 saturated carbocycles. The van der Waals surface area contributed by atoms with E-state index < -0.39 is 0 Å². The summed E-state index contributed by atoms with van der Waals surface area (Å²) in [5, 5.41) is 0. The van der Waals surface area contributed by atoms with Gasteiger partial charge in [0.05, 0.1) is 5.56 Å². The lowest BCUT2D eigenvalue weighted by Crippen LogP contribution is -3.00. The highest BCUT2D eigenvalue weighted by molar-refractivity contribution is 5.98. The van der Waals surface area contributed by atoms with E-state index in [1.807, 2.05) is 19.1 Å². The van der Waals surface area contributed by atoms with Gasteiger partial charge in [-0.15, -0.1) is 5.43 Å². The zero-order chi connectivity index (χ0) is 11.4. The molecule has 2 aromatic heterocycles. The monoisotopic (exact) mass is 249 g/mol. The first kappa shape index (κ1) is 13.1. The van der Waals surface area contributed by atoms with Crippen LogP contribution in [0.25, 0.3) is 0 Å². The number of amides is 1. The van der Waals surface area contributed by atoms with E-state index >= 15 is 0 Å². The van der Waals surface area contributed by atoms with Gasteiger partial charge in [-0.25, -0.2) is 0 Å². The van der Waals surface area contributed by atoms with Gasteiger partial charge < -0.3 is 12.4 Å². The Kier molecular flexibility index (Phi) is 4.60. The van der Waals surface area contributed by atoms with Crippen molar-refractivity contribution in [2.45, 2.75) is 6.92 Å². The zero-order valence-corrected chi connectivity index (χ0v) is 10.1. The standard InChI is InChI=1S/C12H11N3O.ClH/c1-10-4-7-15(8-5-10)14-12(16)11-3-2-6-13-9-11;/h2-9H,1H3;1H. The van der Waals surface area contributed by atoms with Crippen LogP contribution in [0.15, 0.2) is 49.1 Å². The predicted octanol–water partition coefficient (Wildman–Crippen LogP) is -1.93. The molecular formula is C12H12ClN3O. The molecule has 5 heteroatoms.